The number of hydrogen-bond donors (Lipinski definition) is 1. The minimum absolute atomic E-state index is 0.0844. The van der Waals surface area contributed by atoms with Crippen molar-refractivity contribution in [2.75, 3.05) is 13.2 Å². The van der Waals surface area contributed by atoms with Crippen LogP contribution in [-0.2, 0) is 14.3 Å². The van der Waals surface area contributed by atoms with Crippen molar-refractivity contribution in [1.29, 1.82) is 0 Å². The van der Waals surface area contributed by atoms with Crippen molar-refractivity contribution in [3.8, 4) is 0 Å². The molecule has 0 radical (unpaired) electrons. The highest BCUT2D eigenvalue weighted by atomic mass is 16.7. The van der Waals surface area contributed by atoms with Crippen LogP contribution in [0.1, 0.15) is 46.5 Å². The average molecular weight is 292 g/mol. The first-order chi connectivity index (χ1) is 9.84. The molecule has 0 aromatic carbocycles. The number of fused-ring (bicyclic) bond motifs is 1. The minimum Gasteiger partial charge on any atom is -0.478 e. The van der Waals surface area contributed by atoms with Crippen molar-refractivity contribution >= 4 is 5.97 Å². The van der Waals surface area contributed by atoms with E-state index >= 15 is 0 Å². The second-order valence-electron chi connectivity index (χ2n) is 7.32. The zero-order valence-electron chi connectivity index (χ0n) is 13.1. The molecule has 0 aromatic rings. The Balaban J connectivity index is 1.77. The van der Waals surface area contributed by atoms with Crippen molar-refractivity contribution < 1.29 is 19.4 Å². The van der Waals surface area contributed by atoms with Gasteiger partial charge < -0.3 is 14.6 Å². The number of hydrogen-bond acceptors (Lipinski definition) is 3. The maximum atomic E-state index is 11.3. The van der Waals surface area contributed by atoms with Gasteiger partial charge in [0.2, 0.25) is 0 Å². The molecule has 4 nitrogen and oxygen atoms in total. The molecule has 1 aliphatic heterocycles. The summed E-state index contributed by atoms with van der Waals surface area (Å²) in [6.07, 6.45) is 5.12. The van der Waals surface area contributed by atoms with E-state index in [1.165, 1.54) is 5.57 Å². The lowest BCUT2D eigenvalue weighted by molar-refractivity contribution is -0.295. The molecule has 2 aliphatic carbocycles. The Morgan fingerprint density at radius 2 is 2.05 bits per heavy atom. The highest BCUT2D eigenvalue weighted by molar-refractivity contribution is 5.88. The van der Waals surface area contributed by atoms with E-state index in [-0.39, 0.29) is 5.41 Å². The number of rotatable bonds is 2. The second-order valence-corrected chi connectivity index (χ2v) is 7.32. The first-order valence-electron chi connectivity index (χ1n) is 7.78. The summed E-state index contributed by atoms with van der Waals surface area (Å²) >= 11 is 0. The molecule has 2 fully saturated rings. The molecule has 0 bridgehead atoms. The zero-order valence-corrected chi connectivity index (χ0v) is 13.1. The van der Waals surface area contributed by atoms with E-state index in [0.29, 0.717) is 17.9 Å². The van der Waals surface area contributed by atoms with Gasteiger partial charge in [-0.3, -0.25) is 0 Å². The van der Waals surface area contributed by atoms with Crippen LogP contribution in [0.3, 0.4) is 0 Å². The zero-order chi connectivity index (χ0) is 15.3. The fourth-order valence-corrected chi connectivity index (χ4v) is 3.64. The molecule has 1 spiro atoms. The topological polar surface area (TPSA) is 55.8 Å². The molecule has 21 heavy (non-hydrogen) atoms. The molecule has 0 aromatic heterocycles. The quantitative estimate of drug-likeness (QED) is 0.794. The van der Waals surface area contributed by atoms with Gasteiger partial charge in [-0.2, -0.15) is 0 Å². The standard InChI is InChI=1S/C17H24O4/c1-4-14(15(18)19)11-5-12-7-17(8-13(12)6-11)20-9-16(2,3)10-21-17/h5,13H,4,6-10H2,1-3H3,(H,18,19). The summed E-state index contributed by atoms with van der Waals surface area (Å²) in [7, 11) is 0. The van der Waals surface area contributed by atoms with E-state index in [1.54, 1.807) is 0 Å². The molecule has 1 heterocycles. The molecule has 1 atom stereocenters. The van der Waals surface area contributed by atoms with Gasteiger partial charge >= 0.3 is 5.97 Å². The number of ether oxygens (including phenoxy) is 2. The van der Waals surface area contributed by atoms with E-state index in [2.05, 4.69) is 19.9 Å². The SMILES string of the molecule is CCC(C(=O)O)=C1C=C2CC3(CC2C1)OCC(C)(C)CO3. The van der Waals surface area contributed by atoms with Gasteiger partial charge in [0.25, 0.3) is 0 Å². The summed E-state index contributed by atoms with van der Waals surface area (Å²) in [5, 5.41) is 9.26. The van der Waals surface area contributed by atoms with Crippen LogP contribution >= 0.6 is 0 Å². The molecule has 1 N–H and O–H groups in total. The Labute approximate surface area is 125 Å². The molecule has 1 saturated carbocycles. The molecule has 1 saturated heterocycles. The molecular weight excluding hydrogens is 268 g/mol. The maximum absolute atomic E-state index is 11.3. The van der Waals surface area contributed by atoms with Crippen LogP contribution in [0.4, 0.5) is 0 Å². The number of aliphatic carboxylic acids is 1. The van der Waals surface area contributed by atoms with Gasteiger partial charge in [0.05, 0.1) is 13.2 Å². The molecular formula is C17H24O4. The third-order valence-corrected chi connectivity index (χ3v) is 4.83. The smallest absolute Gasteiger partial charge is 0.331 e. The van der Waals surface area contributed by atoms with Gasteiger partial charge in [-0.05, 0) is 24.3 Å². The highest BCUT2D eigenvalue weighted by Crippen LogP contribution is 2.51. The summed E-state index contributed by atoms with van der Waals surface area (Å²) in [6.45, 7) is 7.66. The number of allylic oxidation sites excluding steroid dienone is 2. The predicted molar refractivity (Wildman–Crippen MR) is 78.8 cm³/mol. The van der Waals surface area contributed by atoms with Crippen LogP contribution in [0.15, 0.2) is 22.8 Å². The van der Waals surface area contributed by atoms with E-state index in [0.717, 1.165) is 38.0 Å². The fraction of sp³-hybridized carbons (Fsp3) is 0.706. The first-order valence-corrected chi connectivity index (χ1v) is 7.78. The van der Waals surface area contributed by atoms with Crippen LogP contribution in [0.2, 0.25) is 0 Å². The van der Waals surface area contributed by atoms with Gasteiger partial charge in [-0.1, -0.05) is 32.4 Å². The van der Waals surface area contributed by atoms with Crippen molar-refractivity contribution in [3.63, 3.8) is 0 Å². The van der Waals surface area contributed by atoms with Crippen molar-refractivity contribution in [2.24, 2.45) is 11.3 Å². The molecule has 0 amide bonds. The molecule has 3 aliphatic rings. The normalized spacial score (nSPS) is 32.0. The van der Waals surface area contributed by atoms with Gasteiger partial charge in [-0.25, -0.2) is 4.79 Å². The van der Waals surface area contributed by atoms with E-state index < -0.39 is 11.8 Å². The number of carboxylic acids is 1. The lowest BCUT2D eigenvalue weighted by Gasteiger charge is -2.41. The van der Waals surface area contributed by atoms with Crippen molar-refractivity contribution in [3.05, 3.63) is 22.8 Å². The third-order valence-electron chi connectivity index (χ3n) is 4.83. The van der Waals surface area contributed by atoms with Crippen LogP contribution in [0.5, 0.6) is 0 Å². The maximum Gasteiger partial charge on any atom is 0.331 e. The van der Waals surface area contributed by atoms with Crippen LogP contribution < -0.4 is 0 Å². The highest BCUT2D eigenvalue weighted by Gasteiger charge is 2.49. The number of carboxylic acid groups (broad SMARTS) is 1. The second kappa shape index (κ2) is 4.96. The lowest BCUT2D eigenvalue weighted by Crippen LogP contribution is -2.46. The third kappa shape index (κ3) is 2.67. The first kappa shape index (κ1) is 14.8. The van der Waals surface area contributed by atoms with Crippen molar-refractivity contribution in [1.82, 2.24) is 0 Å². The van der Waals surface area contributed by atoms with Gasteiger partial charge in [0, 0.05) is 23.8 Å². The van der Waals surface area contributed by atoms with E-state index in [4.69, 9.17) is 9.47 Å². The summed E-state index contributed by atoms with van der Waals surface area (Å²) in [5.41, 5.74) is 2.94. The molecule has 1 unspecified atom stereocenters. The Morgan fingerprint density at radius 1 is 1.38 bits per heavy atom. The monoisotopic (exact) mass is 292 g/mol. The predicted octanol–water partition coefficient (Wildman–Crippen LogP) is 3.29. The van der Waals surface area contributed by atoms with E-state index in [9.17, 15) is 9.90 Å². The Bertz CT molecular complexity index is 517. The largest absolute Gasteiger partial charge is 0.478 e. The summed E-state index contributed by atoms with van der Waals surface area (Å²) < 4.78 is 12.1. The van der Waals surface area contributed by atoms with Crippen molar-refractivity contribution in [2.45, 2.75) is 52.2 Å². The Morgan fingerprint density at radius 3 is 2.57 bits per heavy atom. The van der Waals surface area contributed by atoms with Crippen LogP contribution in [-0.4, -0.2) is 30.1 Å². The lowest BCUT2D eigenvalue weighted by atomic mass is 9.93. The molecule has 116 valence electrons. The average Bonchev–Trinajstić information content (AvgIpc) is 2.90. The van der Waals surface area contributed by atoms with Gasteiger partial charge in [-0.15, -0.1) is 0 Å². The molecule has 4 heteroatoms. The molecule has 3 rings (SSSR count). The van der Waals surface area contributed by atoms with E-state index in [1.807, 2.05) is 6.92 Å². The number of carbonyl (C=O) groups is 1. The fourth-order valence-electron chi connectivity index (χ4n) is 3.64. The Hall–Kier alpha value is -1.13. The summed E-state index contributed by atoms with van der Waals surface area (Å²) in [5.74, 6) is -0.847. The van der Waals surface area contributed by atoms with Gasteiger partial charge in [0.15, 0.2) is 5.79 Å². The summed E-state index contributed by atoms with van der Waals surface area (Å²) in [4.78, 5) is 11.3. The Kier molecular flexibility index (Phi) is 3.49. The van der Waals surface area contributed by atoms with Gasteiger partial charge in [0.1, 0.15) is 0 Å². The summed E-state index contributed by atoms with van der Waals surface area (Å²) in [6, 6.07) is 0. The van der Waals surface area contributed by atoms with Crippen LogP contribution in [0, 0.1) is 11.3 Å². The van der Waals surface area contributed by atoms with Crippen LogP contribution in [0.25, 0.3) is 0 Å². The minimum atomic E-state index is -0.786.